The molecule has 1 aromatic heterocycles. The van der Waals surface area contributed by atoms with Crippen molar-refractivity contribution in [3.63, 3.8) is 0 Å². The summed E-state index contributed by atoms with van der Waals surface area (Å²) in [5, 5.41) is 3.12. The van der Waals surface area contributed by atoms with Gasteiger partial charge in [-0.15, -0.1) is 0 Å². The van der Waals surface area contributed by atoms with E-state index in [-0.39, 0.29) is 0 Å². The third-order valence-electron chi connectivity index (χ3n) is 2.02. The Hall–Kier alpha value is -1.77. The first kappa shape index (κ1) is 7.86. The number of allylic oxidation sites excluding steroid dienone is 1. The molecule has 3 nitrogen and oxygen atoms in total. The van der Waals surface area contributed by atoms with E-state index in [9.17, 15) is 0 Å². The number of aromatic nitrogens is 1. The molecule has 0 fully saturated rings. The smallest absolute Gasteiger partial charge is 0.0422 e. The summed E-state index contributed by atoms with van der Waals surface area (Å²) in [5.74, 6) is 0. The number of nitrogens with zero attached hydrogens (tertiary/aromatic N) is 1. The zero-order valence-corrected chi connectivity index (χ0v) is 7.20. The zero-order valence-electron chi connectivity index (χ0n) is 7.20. The minimum Gasteiger partial charge on any atom is -0.398 e. The van der Waals surface area contributed by atoms with Crippen LogP contribution in [-0.4, -0.2) is 11.5 Å². The van der Waals surface area contributed by atoms with Gasteiger partial charge in [-0.05, 0) is 23.9 Å². The van der Waals surface area contributed by atoms with E-state index in [1.807, 2.05) is 30.6 Å². The van der Waals surface area contributed by atoms with Gasteiger partial charge in [0.2, 0.25) is 0 Å². The predicted octanol–water partition coefficient (Wildman–Crippen LogP) is 0.868. The Balaban J connectivity index is 2.41. The number of hydrogen-bond donors (Lipinski definition) is 2. The molecule has 66 valence electrons. The Morgan fingerprint density at radius 3 is 3.08 bits per heavy atom. The largest absolute Gasteiger partial charge is 0.398 e. The second kappa shape index (κ2) is 3.31. The molecule has 0 unspecified atom stereocenters. The van der Waals surface area contributed by atoms with Crippen molar-refractivity contribution in [3.05, 3.63) is 48.1 Å². The number of dihydropyridines is 1. The van der Waals surface area contributed by atoms with E-state index in [1.165, 1.54) is 0 Å². The highest BCUT2D eigenvalue weighted by Gasteiger charge is 2.06. The number of rotatable bonds is 1. The molecular weight excluding hydrogens is 162 g/mol. The summed E-state index contributed by atoms with van der Waals surface area (Å²) in [6.45, 7) is 0.772. The topological polar surface area (TPSA) is 50.9 Å². The van der Waals surface area contributed by atoms with Crippen LogP contribution < -0.4 is 11.1 Å². The lowest BCUT2D eigenvalue weighted by Gasteiger charge is -2.13. The van der Waals surface area contributed by atoms with Gasteiger partial charge in [-0.3, -0.25) is 4.98 Å². The summed E-state index contributed by atoms with van der Waals surface area (Å²) in [5.41, 5.74) is 8.84. The van der Waals surface area contributed by atoms with E-state index in [2.05, 4.69) is 10.3 Å². The lowest BCUT2D eigenvalue weighted by atomic mass is 10.0. The molecule has 0 radical (unpaired) electrons. The Kier molecular flexibility index (Phi) is 2.00. The van der Waals surface area contributed by atoms with Gasteiger partial charge in [-0.25, -0.2) is 0 Å². The number of nitrogens with two attached hydrogens (primary N) is 1. The van der Waals surface area contributed by atoms with Gasteiger partial charge < -0.3 is 11.1 Å². The SMILES string of the molecule is NC1=C(c2cccnc2)CNC=C1. The fourth-order valence-corrected chi connectivity index (χ4v) is 1.32. The molecule has 0 aliphatic carbocycles. The quantitative estimate of drug-likeness (QED) is 0.662. The minimum atomic E-state index is 0.772. The molecule has 0 saturated carbocycles. The Bertz CT molecular complexity index is 352. The van der Waals surface area contributed by atoms with Crippen LogP contribution >= 0.6 is 0 Å². The highest BCUT2D eigenvalue weighted by Crippen LogP contribution is 2.16. The zero-order chi connectivity index (χ0) is 9.10. The molecule has 0 bridgehead atoms. The number of pyridine rings is 1. The molecule has 1 aliphatic heterocycles. The van der Waals surface area contributed by atoms with Gasteiger partial charge in [0.1, 0.15) is 0 Å². The van der Waals surface area contributed by atoms with Crippen molar-refractivity contribution in [1.82, 2.24) is 10.3 Å². The van der Waals surface area contributed by atoms with Gasteiger partial charge in [0, 0.05) is 30.2 Å². The fraction of sp³-hybridized carbons (Fsp3) is 0.100. The average molecular weight is 173 g/mol. The highest BCUT2D eigenvalue weighted by molar-refractivity contribution is 5.71. The van der Waals surface area contributed by atoms with Crippen LogP contribution in [0.15, 0.2) is 42.5 Å². The molecule has 3 heteroatoms. The van der Waals surface area contributed by atoms with Crippen LogP contribution in [0.3, 0.4) is 0 Å². The summed E-state index contributed by atoms with van der Waals surface area (Å²) in [6, 6.07) is 3.92. The molecule has 0 aromatic carbocycles. The van der Waals surface area contributed by atoms with Crippen molar-refractivity contribution in [2.24, 2.45) is 5.73 Å². The fourth-order valence-electron chi connectivity index (χ4n) is 1.32. The Morgan fingerprint density at radius 1 is 1.46 bits per heavy atom. The molecular formula is C10H11N3. The predicted molar refractivity (Wildman–Crippen MR) is 52.5 cm³/mol. The molecule has 0 amide bonds. The minimum absolute atomic E-state index is 0.772. The van der Waals surface area contributed by atoms with E-state index < -0.39 is 0 Å². The van der Waals surface area contributed by atoms with Crippen molar-refractivity contribution >= 4 is 5.57 Å². The average Bonchev–Trinajstić information content (AvgIpc) is 2.20. The van der Waals surface area contributed by atoms with Gasteiger partial charge in [0.05, 0.1) is 0 Å². The van der Waals surface area contributed by atoms with Crippen molar-refractivity contribution in [1.29, 1.82) is 0 Å². The molecule has 0 spiro atoms. The monoisotopic (exact) mass is 173 g/mol. The third-order valence-corrected chi connectivity index (χ3v) is 2.02. The van der Waals surface area contributed by atoms with Gasteiger partial charge in [0.25, 0.3) is 0 Å². The van der Waals surface area contributed by atoms with E-state index in [1.54, 1.807) is 6.20 Å². The highest BCUT2D eigenvalue weighted by atomic mass is 14.8. The molecule has 0 atom stereocenters. The Labute approximate surface area is 77.0 Å². The van der Waals surface area contributed by atoms with Crippen molar-refractivity contribution in [2.75, 3.05) is 6.54 Å². The van der Waals surface area contributed by atoms with Crippen LogP contribution in [0.5, 0.6) is 0 Å². The van der Waals surface area contributed by atoms with Crippen LogP contribution in [0, 0.1) is 0 Å². The summed E-state index contributed by atoms with van der Waals surface area (Å²) >= 11 is 0. The van der Waals surface area contributed by atoms with Crippen LogP contribution in [-0.2, 0) is 0 Å². The van der Waals surface area contributed by atoms with Crippen molar-refractivity contribution < 1.29 is 0 Å². The third kappa shape index (κ3) is 1.54. The van der Waals surface area contributed by atoms with E-state index >= 15 is 0 Å². The van der Waals surface area contributed by atoms with Crippen LogP contribution in [0.4, 0.5) is 0 Å². The number of hydrogen-bond acceptors (Lipinski definition) is 3. The lowest BCUT2D eigenvalue weighted by Crippen LogP contribution is -2.17. The molecule has 3 N–H and O–H groups in total. The summed E-state index contributed by atoms with van der Waals surface area (Å²) in [4.78, 5) is 4.05. The maximum Gasteiger partial charge on any atom is 0.0422 e. The first-order valence-electron chi connectivity index (χ1n) is 4.17. The second-order valence-electron chi connectivity index (χ2n) is 2.89. The van der Waals surface area contributed by atoms with Gasteiger partial charge >= 0.3 is 0 Å². The second-order valence-corrected chi connectivity index (χ2v) is 2.89. The van der Waals surface area contributed by atoms with Gasteiger partial charge in [-0.2, -0.15) is 0 Å². The maximum atomic E-state index is 5.84. The van der Waals surface area contributed by atoms with Crippen LogP contribution in [0.25, 0.3) is 5.57 Å². The van der Waals surface area contributed by atoms with Crippen molar-refractivity contribution in [2.45, 2.75) is 0 Å². The summed E-state index contributed by atoms with van der Waals surface area (Å²) in [7, 11) is 0. The lowest BCUT2D eigenvalue weighted by molar-refractivity contribution is 0.968. The molecule has 2 heterocycles. The summed E-state index contributed by atoms with van der Waals surface area (Å²) in [6.07, 6.45) is 7.30. The van der Waals surface area contributed by atoms with E-state index in [0.717, 1.165) is 23.4 Å². The van der Waals surface area contributed by atoms with E-state index in [4.69, 9.17) is 5.73 Å². The molecule has 2 rings (SSSR count). The van der Waals surface area contributed by atoms with Crippen LogP contribution in [0.2, 0.25) is 0 Å². The first-order valence-corrected chi connectivity index (χ1v) is 4.17. The van der Waals surface area contributed by atoms with Gasteiger partial charge in [0.15, 0.2) is 0 Å². The maximum absolute atomic E-state index is 5.84. The summed E-state index contributed by atoms with van der Waals surface area (Å²) < 4.78 is 0. The number of nitrogens with one attached hydrogen (secondary N) is 1. The molecule has 0 saturated heterocycles. The first-order chi connectivity index (χ1) is 6.38. The normalized spacial score (nSPS) is 15.7. The van der Waals surface area contributed by atoms with Gasteiger partial charge in [-0.1, -0.05) is 6.07 Å². The standard InChI is InChI=1S/C10H11N3/c11-10-3-5-13-7-9(10)8-2-1-4-12-6-8/h1-6,13H,7,11H2. The van der Waals surface area contributed by atoms with Crippen LogP contribution in [0.1, 0.15) is 5.56 Å². The van der Waals surface area contributed by atoms with Crippen molar-refractivity contribution in [3.8, 4) is 0 Å². The van der Waals surface area contributed by atoms with E-state index in [0.29, 0.717) is 0 Å². The molecule has 1 aromatic rings. The molecule has 13 heavy (non-hydrogen) atoms. The molecule has 1 aliphatic rings. The Morgan fingerprint density at radius 2 is 2.38 bits per heavy atom.